The number of alkyl halides is 3. The minimum absolute atomic E-state index is 0.00785. The molecule has 28 heavy (non-hydrogen) atoms. The molecule has 0 aromatic heterocycles. The Bertz CT molecular complexity index is 967. The molecule has 0 fully saturated rings. The van der Waals surface area contributed by atoms with E-state index in [9.17, 15) is 21.6 Å². The van der Waals surface area contributed by atoms with Crippen molar-refractivity contribution in [3.05, 3.63) is 62.6 Å². The van der Waals surface area contributed by atoms with Crippen LogP contribution in [0.2, 0.25) is 15.1 Å². The second-order valence-corrected chi connectivity index (χ2v) is 9.11. The number of halogens is 6. The molecule has 2 aromatic carbocycles. The van der Waals surface area contributed by atoms with Crippen molar-refractivity contribution in [3.63, 3.8) is 0 Å². The normalized spacial score (nSPS) is 13.8. The van der Waals surface area contributed by atoms with Crippen LogP contribution in [0.3, 0.4) is 0 Å². The molecular weight excluding hydrogens is 460 g/mol. The molecular formula is C17H16Cl3F3N2O2S. The zero-order valence-electron chi connectivity index (χ0n) is 14.7. The zero-order chi connectivity index (χ0) is 21.3. The van der Waals surface area contributed by atoms with E-state index in [2.05, 4.69) is 4.72 Å². The number of hydrogen-bond acceptors (Lipinski definition) is 3. The molecule has 0 aliphatic rings. The van der Waals surface area contributed by atoms with Gasteiger partial charge in [0.25, 0.3) is 0 Å². The summed E-state index contributed by atoms with van der Waals surface area (Å²) in [5.41, 5.74) is -0.505. The molecule has 0 heterocycles. The molecule has 0 spiro atoms. The second-order valence-electron chi connectivity index (χ2n) is 6.15. The third-order valence-electron chi connectivity index (χ3n) is 3.95. The average molecular weight is 476 g/mol. The SMILES string of the molecule is CN(C)[C@@H](CNS(=O)(=O)c1cc(Cl)c(Cl)cc1Cl)c1cccc(C(F)(F)F)c1. The van der Waals surface area contributed by atoms with Gasteiger partial charge < -0.3 is 4.90 Å². The lowest BCUT2D eigenvalue weighted by atomic mass is 10.0. The second kappa shape index (κ2) is 8.77. The smallest absolute Gasteiger partial charge is 0.301 e. The van der Waals surface area contributed by atoms with E-state index in [4.69, 9.17) is 34.8 Å². The minimum atomic E-state index is -4.50. The lowest BCUT2D eigenvalue weighted by Gasteiger charge is -2.26. The molecule has 1 N–H and O–H groups in total. The predicted octanol–water partition coefficient (Wildman–Crippen LogP) is 5.25. The fourth-order valence-corrected chi connectivity index (χ4v) is 4.54. The lowest BCUT2D eigenvalue weighted by molar-refractivity contribution is -0.137. The van der Waals surface area contributed by atoms with Crippen molar-refractivity contribution in [2.45, 2.75) is 17.1 Å². The van der Waals surface area contributed by atoms with Crippen LogP contribution in [-0.4, -0.2) is 34.0 Å². The number of nitrogens with zero attached hydrogens (tertiary/aromatic N) is 1. The van der Waals surface area contributed by atoms with Crippen LogP contribution in [0.1, 0.15) is 17.2 Å². The Morgan fingerprint density at radius 2 is 1.64 bits per heavy atom. The molecule has 0 radical (unpaired) electrons. The summed E-state index contributed by atoms with van der Waals surface area (Å²) < 4.78 is 66.5. The van der Waals surface area contributed by atoms with Crippen LogP contribution >= 0.6 is 34.8 Å². The molecule has 0 amide bonds. The molecule has 0 saturated heterocycles. The summed E-state index contributed by atoms with van der Waals surface area (Å²) in [4.78, 5) is 1.33. The highest BCUT2D eigenvalue weighted by Crippen LogP contribution is 2.33. The molecule has 11 heteroatoms. The fourth-order valence-electron chi connectivity index (χ4n) is 2.50. The van der Waals surface area contributed by atoms with Gasteiger partial charge in [-0.3, -0.25) is 0 Å². The van der Waals surface area contributed by atoms with E-state index >= 15 is 0 Å². The van der Waals surface area contributed by atoms with Gasteiger partial charge in [0, 0.05) is 12.6 Å². The first-order valence-electron chi connectivity index (χ1n) is 7.80. The third-order valence-corrected chi connectivity index (χ3v) is 6.56. The average Bonchev–Trinajstić information content (AvgIpc) is 2.57. The number of rotatable bonds is 6. The summed E-state index contributed by atoms with van der Waals surface area (Å²) in [7, 11) is -0.819. The minimum Gasteiger partial charge on any atom is -0.301 e. The van der Waals surface area contributed by atoms with Gasteiger partial charge in [0.2, 0.25) is 10.0 Å². The summed E-state index contributed by atoms with van der Waals surface area (Å²) in [6.45, 7) is -0.187. The summed E-state index contributed by atoms with van der Waals surface area (Å²) >= 11 is 17.6. The molecule has 0 aliphatic carbocycles. The maximum Gasteiger partial charge on any atom is 0.416 e. The van der Waals surface area contributed by atoms with Crippen LogP contribution in [0, 0.1) is 0 Å². The van der Waals surface area contributed by atoms with Crippen molar-refractivity contribution in [3.8, 4) is 0 Å². The first kappa shape index (κ1) is 23.3. The Morgan fingerprint density at radius 1 is 1.04 bits per heavy atom. The summed E-state index contributed by atoms with van der Waals surface area (Å²) in [6.07, 6.45) is -4.50. The maximum atomic E-state index is 13.0. The predicted molar refractivity (Wildman–Crippen MR) is 105 cm³/mol. The summed E-state index contributed by atoms with van der Waals surface area (Å²) in [5.74, 6) is 0. The van der Waals surface area contributed by atoms with E-state index in [0.717, 1.165) is 18.2 Å². The van der Waals surface area contributed by atoms with Gasteiger partial charge in [0.05, 0.1) is 20.6 Å². The van der Waals surface area contributed by atoms with E-state index in [1.807, 2.05) is 0 Å². The first-order chi connectivity index (χ1) is 12.8. The molecule has 2 rings (SSSR count). The van der Waals surface area contributed by atoms with Gasteiger partial charge in [-0.25, -0.2) is 13.1 Å². The van der Waals surface area contributed by atoms with Crippen LogP contribution in [0.25, 0.3) is 0 Å². The highest BCUT2D eigenvalue weighted by Gasteiger charge is 2.31. The Morgan fingerprint density at radius 3 is 2.21 bits per heavy atom. The monoisotopic (exact) mass is 474 g/mol. The van der Waals surface area contributed by atoms with E-state index in [-0.39, 0.29) is 26.5 Å². The van der Waals surface area contributed by atoms with Gasteiger partial charge in [-0.15, -0.1) is 0 Å². The van der Waals surface area contributed by atoms with Gasteiger partial charge in [-0.2, -0.15) is 13.2 Å². The van der Waals surface area contributed by atoms with Gasteiger partial charge in [-0.1, -0.05) is 46.9 Å². The van der Waals surface area contributed by atoms with Crippen molar-refractivity contribution in [1.82, 2.24) is 9.62 Å². The van der Waals surface area contributed by atoms with Crippen molar-refractivity contribution in [2.24, 2.45) is 0 Å². The lowest BCUT2D eigenvalue weighted by Crippen LogP contribution is -2.34. The van der Waals surface area contributed by atoms with E-state index in [1.165, 1.54) is 18.2 Å². The topological polar surface area (TPSA) is 49.4 Å². The van der Waals surface area contributed by atoms with Crippen molar-refractivity contribution in [2.75, 3.05) is 20.6 Å². The Hall–Kier alpha value is -1.03. The largest absolute Gasteiger partial charge is 0.416 e. The highest BCUT2D eigenvalue weighted by atomic mass is 35.5. The van der Waals surface area contributed by atoms with Crippen molar-refractivity contribution in [1.29, 1.82) is 0 Å². The van der Waals surface area contributed by atoms with Gasteiger partial charge >= 0.3 is 6.18 Å². The van der Waals surface area contributed by atoms with Gasteiger partial charge in [-0.05, 0) is 43.9 Å². The number of hydrogen-bond donors (Lipinski definition) is 1. The molecule has 1 atom stereocenters. The molecule has 154 valence electrons. The number of benzene rings is 2. The van der Waals surface area contributed by atoms with Crippen LogP contribution < -0.4 is 4.72 Å². The molecule has 0 unspecified atom stereocenters. The Labute approximate surface area is 176 Å². The standard InChI is InChI=1S/C17H16Cl3F3N2O2S/c1-25(2)15(10-4-3-5-11(6-10)17(21,22)23)9-24-28(26,27)16-8-13(19)12(18)7-14(16)20/h3-8,15,24H,9H2,1-2H3/t15-/m0/s1. The number of likely N-dealkylation sites (N-methyl/N-ethyl adjacent to an activating group) is 1. The van der Waals surface area contributed by atoms with E-state index < -0.39 is 27.8 Å². The van der Waals surface area contributed by atoms with E-state index in [1.54, 1.807) is 19.0 Å². The van der Waals surface area contributed by atoms with Crippen molar-refractivity contribution < 1.29 is 21.6 Å². The Balaban J connectivity index is 2.30. The van der Waals surface area contributed by atoms with Crippen LogP contribution in [0.4, 0.5) is 13.2 Å². The zero-order valence-corrected chi connectivity index (χ0v) is 17.8. The molecule has 0 bridgehead atoms. The summed E-state index contributed by atoms with van der Waals surface area (Å²) in [6, 6.07) is 6.39. The first-order valence-corrected chi connectivity index (χ1v) is 10.4. The number of sulfonamides is 1. The fraction of sp³-hybridized carbons (Fsp3) is 0.294. The Kier molecular flexibility index (Phi) is 7.28. The van der Waals surface area contributed by atoms with Crippen LogP contribution in [0.15, 0.2) is 41.3 Å². The highest BCUT2D eigenvalue weighted by molar-refractivity contribution is 7.89. The number of nitrogens with one attached hydrogen (secondary N) is 1. The maximum absolute atomic E-state index is 13.0. The molecule has 4 nitrogen and oxygen atoms in total. The molecule has 0 aliphatic heterocycles. The molecule has 2 aromatic rings. The van der Waals surface area contributed by atoms with Crippen LogP contribution in [0.5, 0.6) is 0 Å². The van der Waals surface area contributed by atoms with Gasteiger partial charge in [0.1, 0.15) is 4.90 Å². The quantitative estimate of drug-likeness (QED) is 0.581. The van der Waals surface area contributed by atoms with Crippen LogP contribution in [-0.2, 0) is 16.2 Å². The third kappa shape index (κ3) is 5.52. The van der Waals surface area contributed by atoms with Gasteiger partial charge in [0.15, 0.2) is 0 Å². The summed E-state index contributed by atoms with van der Waals surface area (Å²) in [5, 5.41) is -0.0170. The molecule has 0 saturated carbocycles. The van der Waals surface area contributed by atoms with E-state index in [0.29, 0.717) is 5.56 Å². The van der Waals surface area contributed by atoms with Crippen molar-refractivity contribution >= 4 is 44.8 Å².